The Hall–Kier alpha value is -2.97. The molecule has 0 spiro atoms. The van der Waals surface area contributed by atoms with Crippen LogP contribution in [0.15, 0.2) is 60.0 Å². The van der Waals surface area contributed by atoms with Gasteiger partial charge >= 0.3 is 0 Å². The zero-order valence-electron chi connectivity index (χ0n) is 14.1. The van der Waals surface area contributed by atoms with E-state index in [1.165, 1.54) is 28.4 Å². The summed E-state index contributed by atoms with van der Waals surface area (Å²) >= 11 is 1.46. The van der Waals surface area contributed by atoms with Crippen LogP contribution in [0.25, 0.3) is 0 Å². The SMILES string of the molecule is C#CCN(Cc1ccc(F)cc1)C(=O)c1csc(Cc2ccccc2)n1. The lowest BCUT2D eigenvalue weighted by atomic mass is 10.2. The Morgan fingerprint density at radius 1 is 1.12 bits per heavy atom. The molecule has 3 aromatic rings. The van der Waals surface area contributed by atoms with Gasteiger partial charge in [0.2, 0.25) is 0 Å². The number of amides is 1. The molecule has 2 aromatic carbocycles. The van der Waals surface area contributed by atoms with Gasteiger partial charge in [-0.1, -0.05) is 48.4 Å². The summed E-state index contributed by atoms with van der Waals surface area (Å²) in [5, 5.41) is 2.64. The van der Waals surface area contributed by atoms with E-state index in [0.29, 0.717) is 18.7 Å². The van der Waals surface area contributed by atoms with Crippen molar-refractivity contribution in [3.8, 4) is 12.3 Å². The van der Waals surface area contributed by atoms with Crippen LogP contribution in [0.3, 0.4) is 0 Å². The molecule has 0 atom stereocenters. The van der Waals surface area contributed by atoms with Crippen molar-refractivity contribution in [2.45, 2.75) is 13.0 Å². The zero-order chi connectivity index (χ0) is 18.4. The quantitative estimate of drug-likeness (QED) is 0.616. The van der Waals surface area contributed by atoms with Crippen LogP contribution < -0.4 is 0 Å². The van der Waals surface area contributed by atoms with Gasteiger partial charge in [-0.05, 0) is 23.3 Å². The largest absolute Gasteiger partial charge is 0.322 e. The first-order valence-corrected chi connectivity index (χ1v) is 8.99. The average molecular weight is 364 g/mol. The normalized spacial score (nSPS) is 10.3. The van der Waals surface area contributed by atoms with Gasteiger partial charge in [0, 0.05) is 18.3 Å². The summed E-state index contributed by atoms with van der Waals surface area (Å²) in [6, 6.07) is 16.0. The minimum Gasteiger partial charge on any atom is -0.322 e. The Morgan fingerprint density at radius 2 is 1.85 bits per heavy atom. The lowest BCUT2D eigenvalue weighted by molar-refractivity contribution is 0.0760. The van der Waals surface area contributed by atoms with Crippen LogP contribution in [-0.4, -0.2) is 22.3 Å². The molecule has 5 heteroatoms. The van der Waals surface area contributed by atoms with Gasteiger partial charge in [-0.15, -0.1) is 17.8 Å². The number of carbonyl (C=O) groups excluding carboxylic acids is 1. The molecule has 0 fully saturated rings. The molecule has 130 valence electrons. The van der Waals surface area contributed by atoms with E-state index in [-0.39, 0.29) is 18.3 Å². The molecule has 3 rings (SSSR count). The monoisotopic (exact) mass is 364 g/mol. The van der Waals surface area contributed by atoms with Crippen LogP contribution >= 0.6 is 11.3 Å². The molecule has 0 radical (unpaired) electrons. The fourth-order valence-corrected chi connectivity index (χ4v) is 3.34. The van der Waals surface area contributed by atoms with Crippen LogP contribution in [-0.2, 0) is 13.0 Å². The molecule has 1 amide bonds. The molecule has 0 aliphatic rings. The van der Waals surface area contributed by atoms with Gasteiger partial charge in [0.15, 0.2) is 0 Å². The number of nitrogens with zero attached hydrogens (tertiary/aromatic N) is 2. The number of hydrogen-bond acceptors (Lipinski definition) is 3. The molecule has 0 bridgehead atoms. The van der Waals surface area contributed by atoms with E-state index >= 15 is 0 Å². The van der Waals surface area contributed by atoms with E-state index in [1.807, 2.05) is 30.3 Å². The lowest BCUT2D eigenvalue weighted by Crippen LogP contribution is -2.31. The smallest absolute Gasteiger partial charge is 0.274 e. The van der Waals surface area contributed by atoms with Gasteiger partial charge in [-0.3, -0.25) is 4.79 Å². The minimum absolute atomic E-state index is 0.168. The fraction of sp³-hybridized carbons (Fsp3) is 0.143. The standard InChI is InChI=1S/C21H17FN2OS/c1-2-12-24(14-17-8-10-18(22)11-9-17)21(25)19-15-26-20(23-19)13-16-6-4-3-5-7-16/h1,3-11,15H,12-14H2. The Labute approximate surface area is 156 Å². The van der Waals surface area contributed by atoms with Gasteiger partial charge in [0.25, 0.3) is 5.91 Å². The molecule has 0 N–H and O–H groups in total. The summed E-state index contributed by atoms with van der Waals surface area (Å²) in [7, 11) is 0. The highest BCUT2D eigenvalue weighted by Crippen LogP contribution is 2.17. The van der Waals surface area contributed by atoms with Crippen LogP contribution in [0.4, 0.5) is 4.39 Å². The highest BCUT2D eigenvalue weighted by molar-refractivity contribution is 7.09. The van der Waals surface area contributed by atoms with Crippen LogP contribution in [0.5, 0.6) is 0 Å². The number of benzene rings is 2. The molecule has 0 aliphatic heterocycles. The highest BCUT2D eigenvalue weighted by atomic mass is 32.1. The van der Waals surface area contributed by atoms with Crippen molar-refractivity contribution in [3.63, 3.8) is 0 Å². The van der Waals surface area contributed by atoms with Gasteiger partial charge in [0.05, 0.1) is 11.6 Å². The van der Waals surface area contributed by atoms with Crippen molar-refractivity contribution in [2.75, 3.05) is 6.54 Å². The maximum Gasteiger partial charge on any atom is 0.274 e. The molecule has 0 saturated heterocycles. The third kappa shape index (κ3) is 4.56. The van der Waals surface area contributed by atoms with Crippen molar-refractivity contribution < 1.29 is 9.18 Å². The van der Waals surface area contributed by atoms with Gasteiger partial charge in [-0.25, -0.2) is 9.37 Å². The fourth-order valence-electron chi connectivity index (χ4n) is 2.54. The van der Waals surface area contributed by atoms with E-state index in [1.54, 1.807) is 17.5 Å². The molecule has 0 unspecified atom stereocenters. The Morgan fingerprint density at radius 3 is 2.54 bits per heavy atom. The minimum atomic E-state index is -0.311. The number of thiazole rings is 1. The van der Waals surface area contributed by atoms with Gasteiger partial charge in [-0.2, -0.15) is 0 Å². The van der Waals surface area contributed by atoms with E-state index in [9.17, 15) is 9.18 Å². The predicted octanol–water partition coefficient (Wildman–Crippen LogP) is 4.15. The predicted molar refractivity (Wildman–Crippen MR) is 101 cm³/mol. The Balaban J connectivity index is 1.73. The first kappa shape index (κ1) is 17.8. The second-order valence-electron chi connectivity index (χ2n) is 5.78. The summed E-state index contributed by atoms with van der Waals surface area (Å²) in [4.78, 5) is 18.8. The summed E-state index contributed by atoms with van der Waals surface area (Å²) < 4.78 is 13.1. The van der Waals surface area contributed by atoms with Crippen LogP contribution in [0, 0.1) is 18.2 Å². The zero-order valence-corrected chi connectivity index (χ0v) is 14.9. The summed E-state index contributed by atoms with van der Waals surface area (Å²) in [6.45, 7) is 0.483. The highest BCUT2D eigenvalue weighted by Gasteiger charge is 2.18. The topological polar surface area (TPSA) is 33.2 Å². The van der Waals surface area contributed by atoms with Gasteiger partial charge < -0.3 is 4.90 Å². The number of hydrogen-bond donors (Lipinski definition) is 0. The van der Waals surface area contributed by atoms with Crippen LogP contribution in [0.2, 0.25) is 0 Å². The molecule has 26 heavy (non-hydrogen) atoms. The van der Waals surface area contributed by atoms with E-state index < -0.39 is 0 Å². The molecule has 0 saturated carbocycles. The Kier molecular flexibility index (Phi) is 5.77. The van der Waals surface area contributed by atoms with E-state index in [2.05, 4.69) is 10.9 Å². The number of terminal acetylenes is 1. The van der Waals surface area contributed by atoms with Crippen molar-refractivity contribution >= 4 is 17.2 Å². The van der Waals surface area contributed by atoms with Crippen LogP contribution in [0.1, 0.15) is 26.6 Å². The molecule has 1 heterocycles. The molecular weight excluding hydrogens is 347 g/mol. The molecule has 1 aromatic heterocycles. The summed E-state index contributed by atoms with van der Waals surface area (Å²) in [5.74, 6) is 1.97. The second kappa shape index (κ2) is 8.41. The average Bonchev–Trinajstić information content (AvgIpc) is 3.12. The number of rotatable bonds is 6. The maximum absolute atomic E-state index is 13.1. The van der Waals surface area contributed by atoms with Crippen molar-refractivity contribution in [2.24, 2.45) is 0 Å². The number of halogens is 1. The third-order valence-corrected chi connectivity index (χ3v) is 4.67. The summed E-state index contributed by atoms with van der Waals surface area (Å²) in [6.07, 6.45) is 6.10. The summed E-state index contributed by atoms with van der Waals surface area (Å²) in [5.41, 5.74) is 2.35. The van der Waals surface area contributed by atoms with Crippen molar-refractivity contribution in [1.82, 2.24) is 9.88 Å². The Bertz CT molecular complexity index is 913. The van der Waals surface area contributed by atoms with Crippen molar-refractivity contribution in [1.29, 1.82) is 0 Å². The third-order valence-electron chi connectivity index (χ3n) is 3.83. The molecule has 0 aliphatic carbocycles. The lowest BCUT2D eigenvalue weighted by Gasteiger charge is -2.19. The van der Waals surface area contributed by atoms with E-state index in [4.69, 9.17) is 6.42 Å². The van der Waals surface area contributed by atoms with E-state index in [0.717, 1.165) is 16.1 Å². The number of carbonyl (C=O) groups is 1. The maximum atomic E-state index is 13.1. The second-order valence-corrected chi connectivity index (χ2v) is 6.72. The molecule has 3 nitrogen and oxygen atoms in total. The number of aromatic nitrogens is 1. The first-order chi connectivity index (χ1) is 12.7. The van der Waals surface area contributed by atoms with Crippen molar-refractivity contribution in [3.05, 3.63) is 87.6 Å². The van der Waals surface area contributed by atoms with Gasteiger partial charge in [0.1, 0.15) is 11.5 Å². The first-order valence-electron chi connectivity index (χ1n) is 8.11. The molecular formula is C21H17FN2OS.